The standard InChI is InChI=1S/C32H34ClN7O4/c1-17-3-4-18(2)20(11-17)14-39-13-19(23-12-21(33)5-8-24(23)39)9-10-34-29-25-30(36-15-35-29)40(16-37-25)32-27(42)26(41)28(44-32)31(43)38-22-6-7-22/h3-5,8,11-13,15-16,22,26-28,32,41-42H,6-7,9-10,14H2,1-2H3,(H,38,43)(H,34,35,36). The summed E-state index contributed by atoms with van der Waals surface area (Å²) in [6.07, 6.45) is 2.68. The predicted octanol–water partition coefficient (Wildman–Crippen LogP) is 3.65. The van der Waals surface area contributed by atoms with Crippen LogP contribution in [0.4, 0.5) is 5.82 Å². The molecule has 4 N–H and O–H groups in total. The van der Waals surface area contributed by atoms with Crippen LogP contribution in [0.15, 0.2) is 55.2 Å². The van der Waals surface area contributed by atoms with Gasteiger partial charge in [0.25, 0.3) is 5.91 Å². The minimum atomic E-state index is -1.37. The zero-order chi connectivity index (χ0) is 30.5. The van der Waals surface area contributed by atoms with Crippen molar-refractivity contribution in [1.29, 1.82) is 0 Å². The fraction of sp³-hybridized carbons (Fsp3) is 0.375. The quantitative estimate of drug-likeness (QED) is 0.197. The van der Waals surface area contributed by atoms with E-state index in [2.05, 4.69) is 74.5 Å². The predicted molar refractivity (Wildman–Crippen MR) is 167 cm³/mol. The Morgan fingerprint density at radius 3 is 2.73 bits per heavy atom. The number of aryl methyl sites for hydroxylation is 2. The maximum absolute atomic E-state index is 12.6. The van der Waals surface area contributed by atoms with Crippen molar-refractivity contribution in [2.24, 2.45) is 0 Å². The molecule has 0 radical (unpaired) electrons. The van der Waals surface area contributed by atoms with E-state index in [0.29, 0.717) is 35.0 Å². The summed E-state index contributed by atoms with van der Waals surface area (Å²) < 4.78 is 9.64. The molecule has 228 valence electrons. The fourth-order valence-corrected chi connectivity index (χ4v) is 6.10. The maximum atomic E-state index is 12.6. The van der Waals surface area contributed by atoms with Crippen molar-refractivity contribution in [1.82, 2.24) is 29.4 Å². The zero-order valence-corrected chi connectivity index (χ0v) is 25.2. The van der Waals surface area contributed by atoms with E-state index in [1.165, 1.54) is 33.9 Å². The average Bonchev–Trinajstić information content (AvgIpc) is 3.50. The van der Waals surface area contributed by atoms with Crippen LogP contribution in [0.2, 0.25) is 5.02 Å². The van der Waals surface area contributed by atoms with Crippen LogP contribution < -0.4 is 10.6 Å². The second-order valence-electron chi connectivity index (χ2n) is 11.8. The summed E-state index contributed by atoms with van der Waals surface area (Å²) in [5.74, 6) is 0.0987. The number of fused-ring (bicyclic) bond motifs is 2. The highest BCUT2D eigenvalue weighted by Crippen LogP contribution is 2.33. The van der Waals surface area contributed by atoms with E-state index in [9.17, 15) is 15.0 Å². The van der Waals surface area contributed by atoms with Crippen LogP contribution in [0.1, 0.15) is 41.3 Å². The molecule has 5 aromatic rings. The lowest BCUT2D eigenvalue weighted by atomic mass is 10.1. The third-order valence-electron chi connectivity index (χ3n) is 8.51. The maximum Gasteiger partial charge on any atom is 0.252 e. The van der Waals surface area contributed by atoms with E-state index in [0.717, 1.165) is 35.9 Å². The van der Waals surface area contributed by atoms with E-state index in [4.69, 9.17) is 16.3 Å². The van der Waals surface area contributed by atoms with Gasteiger partial charge in [-0.1, -0.05) is 35.4 Å². The third kappa shape index (κ3) is 5.41. The second-order valence-corrected chi connectivity index (χ2v) is 12.2. The van der Waals surface area contributed by atoms with Gasteiger partial charge in [0.1, 0.15) is 18.5 Å². The summed E-state index contributed by atoms with van der Waals surface area (Å²) in [7, 11) is 0. The highest BCUT2D eigenvalue weighted by Gasteiger charge is 2.48. The lowest BCUT2D eigenvalue weighted by Crippen LogP contribution is -2.43. The summed E-state index contributed by atoms with van der Waals surface area (Å²) in [6.45, 7) is 5.57. The third-order valence-corrected chi connectivity index (χ3v) is 8.75. The first-order valence-corrected chi connectivity index (χ1v) is 15.2. The Bertz CT molecular complexity index is 1870. The highest BCUT2D eigenvalue weighted by molar-refractivity contribution is 6.31. The van der Waals surface area contributed by atoms with Gasteiger partial charge in [-0.3, -0.25) is 9.36 Å². The molecule has 1 saturated carbocycles. The largest absolute Gasteiger partial charge is 0.387 e. The number of halogens is 1. The number of anilines is 1. The van der Waals surface area contributed by atoms with E-state index < -0.39 is 30.4 Å². The van der Waals surface area contributed by atoms with Crippen molar-refractivity contribution < 1.29 is 19.7 Å². The molecule has 2 aromatic carbocycles. The van der Waals surface area contributed by atoms with Crippen LogP contribution in [-0.4, -0.2) is 71.1 Å². The molecule has 7 rings (SSSR count). The Balaban J connectivity index is 1.09. The number of benzene rings is 2. The van der Waals surface area contributed by atoms with Gasteiger partial charge in [0.15, 0.2) is 29.3 Å². The molecule has 12 heteroatoms. The van der Waals surface area contributed by atoms with Gasteiger partial charge in [-0.25, -0.2) is 15.0 Å². The van der Waals surface area contributed by atoms with Crippen molar-refractivity contribution in [3.05, 3.63) is 82.5 Å². The SMILES string of the molecule is Cc1ccc(C)c(Cn2cc(CCNc3ncnc4c3ncn4C3OC(C(=O)NC4CC4)C(O)C3O)c3cc(Cl)ccc32)c1. The first kappa shape index (κ1) is 28.7. The van der Waals surface area contributed by atoms with Crippen LogP contribution >= 0.6 is 11.6 Å². The van der Waals surface area contributed by atoms with Gasteiger partial charge < -0.3 is 30.2 Å². The molecule has 4 atom stereocenters. The van der Waals surface area contributed by atoms with E-state index in [-0.39, 0.29) is 6.04 Å². The van der Waals surface area contributed by atoms with Gasteiger partial charge in [0.2, 0.25) is 0 Å². The van der Waals surface area contributed by atoms with Crippen LogP contribution in [0.25, 0.3) is 22.1 Å². The van der Waals surface area contributed by atoms with Crippen molar-refractivity contribution >= 4 is 45.4 Å². The number of nitrogens with one attached hydrogen (secondary N) is 2. The number of carbonyl (C=O) groups is 1. The molecule has 4 heterocycles. The number of carbonyl (C=O) groups excluding carboxylic acids is 1. The summed E-state index contributed by atoms with van der Waals surface area (Å²) >= 11 is 6.41. The average molecular weight is 616 g/mol. The smallest absolute Gasteiger partial charge is 0.252 e. The Hall–Kier alpha value is -4.03. The topological polar surface area (TPSA) is 139 Å². The van der Waals surface area contributed by atoms with Crippen molar-refractivity contribution in [2.45, 2.75) is 70.2 Å². The Kier molecular flexibility index (Phi) is 7.49. The molecular weight excluding hydrogens is 582 g/mol. The van der Waals surface area contributed by atoms with Crippen molar-refractivity contribution in [3.63, 3.8) is 0 Å². The molecule has 1 amide bonds. The number of aliphatic hydroxyl groups excluding tert-OH is 2. The van der Waals surface area contributed by atoms with E-state index in [1.807, 2.05) is 12.1 Å². The summed E-state index contributed by atoms with van der Waals surface area (Å²) in [5.41, 5.74) is 6.95. The lowest BCUT2D eigenvalue weighted by Gasteiger charge is -2.16. The first-order valence-electron chi connectivity index (χ1n) is 14.8. The molecule has 11 nitrogen and oxygen atoms in total. The number of hydrogen-bond donors (Lipinski definition) is 4. The van der Waals surface area contributed by atoms with Crippen molar-refractivity contribution in [2.75, 3.05) is 11.9 Å². The number of rotatable bonds is 9. The lowest BCUT2D eigenvalue weighted by molar-refractivity contribution is -0.137. The number of aliphatic hydroxyl groups is 2. The number of amides is 1. The Morgan fingerprint density at radius 2 is 1.91 bits per heavy atom. The molecule has 2 fully saturated rings. The zero-order valence-electron chi connectivity index (χ0n) is 24.4. The molecule has 0 bridgehead atoms. The minimum Gasteiger partial charge on any atom is -0.387 e. The number of imidazole rings is 1. The number of ether oxygens (including phenoxy) is 1. The number of hydrogen-bond acceptors (Lipinski definition) is 8. The fourth-order valence-electron chi connectivity index (χ4n) is 5.93. The number of nitrogens with zero attached hydrogens (tertiary/aromatic N) is 5. The molecule has 3 aromatic heterocycles. The van der Waals surface area contributed by atoms with E-state index >= 15 is 0 Å². The monoisotopic (exact) mass is 615 g/mol. The van der Waals surface area contributed by atoms with Crippen LogP contribution in [0, 0.1) is 13.8 Å². The van der Waals surface area contributed by atoms with Crippen LogP contribution in [-0.2, 0) is 22.5 Å². The molecule has 4 unspecified atom stereocenters. The van der Waals surface area contributed by atoms with Gasteiger partial charge in [-0.05, 0) is 68.0 Å². The Labute approximate surface area is 258 Å². The van der Waals surface area contributed by atoms with Gasteiger partial charge in [-0.2, -0.15) is 0 Å². The van der Waals surface area contributed by atoms with Gasteiger partial charge in [-0.15, -0.1) is 0 Å². The van der Waals surface area contributed by atoms with Crippen molar-refractivity contribution in [3.8, 4) is 0 Å². The van der Waals surface area contributed by atoms with Gasteiger partial charge in [0.05, 0.1) is 6.33 Å². The Morgan fingerprint density at radius 1 is 1.07 bits per heavy atom. The first-order chi connectivity index (χ1) is 21.3. The molecule has 1 aliphatic carbocycles. The summed E-state index contributed by atoms with van der Waals surface area (Å²) in [6, 6.07) is 12.6. The molecule has 2 aliphatic rings. The number of aromatic nitrogens is 5. The van der Waals surface area contributed by atoms with Gasteiger partial charge in [0, 0.05) is 41.3 Å². The molecule has 0 spiro atoms. The molecule has 1 saturated heterocycles. The van der Waals surface area contributed by atoms with Gasteiger partial charge >= 0.3 is 0 Å². The summed E-state index contributed by atoms with van der Waals surface area (Å²) in [4.78, 5) is 25.8. The highest BCUT2D eigenvalue weighted by atomic mass is 35.5. The molecule has 1 aliphatic heterocycles. The molecular formula is C32H34ClN7O4. The second kappa shape index (κ2) is 11.5. The summed E-state index contributed by atoms with van der Waals surface area (Å²) in [5, 5.41) is 29.3. The van der Waals surface area contributed by atoms with Crippen LogP contribution in [0.3, 0.4) is 0 Å². The molecule has 44 heavy (non-hydrogen) atoms. The normalized spacial score (nSPS) is 21.8. The van der Waals surface area contributed by atoms with Crippen LogP contribution in [0.5, 0.6) is 0 Å². The van der Waals surface area contributed by atoms with E-state index in [1.54, 1.807) is 0 Å². The minimum absolute atomic E-state index is 0.107.